The van der Waals surface area contributed by atoms with Gasteiger partial charge in [-0.05, 0) is 40.9 Å². The van der Waals surface area contributed by atoms with Crippen LogP contribution in [0, 0.1) is 17.6 Å². The summed E-state index contributed by atoms with van der Waals surface area (Å²) in [7, 11) is 0. The summed E-state index contributed by atoms with van der Waals surface area (Å²) in [6.45, 7) is 5.50. The summed E-state index contributed by atoms with van der Waals surface area (Å²) in [5.74, 6) is -1.21. The van der Waals surface area contributed by atoms with Gasteiger partial charge < -0.3 is 5.73 Å². The monoisotopic (exact) mass is 291 g/mol. The average molecular weight is 292 g/mol. The molecule has 0 bridgehead atoms. The Morgan fingerprint density at radius 3 is 2.50 bits per heavy atom. The fourth-order valence-electron chi connectivity index (χ4n) is 1.69. The zero-order chi connectivity index (χ0) is 12.5. The number of hydrogen-bond donors (Lipinski definition) is 1. The van der Waals surface area contributed by atoms with E-state index in [0.717, 1.165) is 6.42 Å². The molecule has 90 valence electrons. The second-order valence-electron chi connectivity index (χ2n) is 4.31. The molecule has 0 saturated carbocycles. The van der Waals surface area contributed by atoms with Crippen LogP contribution in [0.4, 0.5) is 8.78 Å². The minimum absolute atomic E-state index is 0.00852. The zero-order valence-electron chi connectivity index (χ0n) is 9.65. The van der Waals surface area contributed by atoms with Crippen LogP contribution in [-0.2, 0) is 5.54 Å². The van der Waals surface area contributed by atoms with Gasteiger partial charge in [0, 0.05) is 11.1 Å². The van der Waals surface area contributed by atoms with Gasteiger partial charge in [0.25, 0.3) is 0 Å². The van der Waals surface area contributed by atoms with Crippen molar-refractivity contribution in [2.24, 2.45) is 11.7 Å². The molecule has 0 aliphatic rings. The van der Waals surface area contributed by atoms with Crippen molar-refractivity contribution in [3.8, 4) is 0 Å². The van der Waals surface area contributed by atoms with Crippen molar-refractivity contribution in [1.82, 2.24) is 0 Å². The van der Waals surface area contributed by atoms with Crippen LogP contribution < -0.4 is 5.73 Å². The first kappa shape index (κ1) is 13.6. The summed E-state index contributed by atoms with van der Waals surface area (Å²) in [6.07, 6.45) is 0.762. The molecule has 0 aliphatic carbocycles. The van der Waals surface area contributed by atoms with Crippen LogP contribution in [0.5, 0.6) is 0 Å². The molecule has 2 atom stereocenters. The Morgan fingerprint density at radius 2 is 2.00 bits per heavy atom. The Balaban J connectivity index is 3.37. The molecule has 0 fully saturated rings. The Kier molecular flexibility index (Phi) is 4.07. The molecule has 1 aromatic rings. The number of hydrogen-bond acceptors (Lipinski definition) is 1. The Morgan fingerprint density at radius 1 is 1.44 bits per heavy atom. The van der Waals surface area contributed by atoms with Gasteiger partial charge in [-0.3, -0.25) is 0 Å². The topological polar surface area (TPSA) is 26.0 Å². The van der Waals surface area contributed by atoms with Crippen molar-refractivity contribution in [2.45, 2.75) is 32.7 Å². The highest BCUT2D eigenvalue weighted by Crippen LogP contribution is 2.34. The van der Waals surface area contributed by atoms with Crippen LogP contribution in [0.1, 0.15) is 32.8 Å². The summed E-state index contributed by atoms with van der Waals surface area (Å²) in [6, 6.07) is 2.58. The van der Waals surface area contributed by atoms with Crippen LogP contribution in [-0.4, -0.2) is 0 Å². The molecule has 2 N–H and O–H groups in total. The molecule has 2 unspecified atom stereocenters. The van der Waals surface area contributed by atoms with Crippen molar-refractivity contribution in [1.29, 1.82) is 0 Å². The van der Waals surface area contributed by atoms with Crippen LogP contribution in [0.2, 0.25) is 0 Å². The van der Waals surface area contributed by atoms with Gasteiger partial charge in [0.1, 0.15) is 11.6 Å². The van der Waals surface area contributed by atoms with Crippen molar-refractivity contribution in [3.05, 3.63) is 33.8 Å². The first-order valence-corrected chi connectivity index (χ1v) is 6.04. The number of halogens is 3. The molecule has 1 aromatic carbocycles. The lowest BCUT2D eigenvalue weighted by Gasteiger charge is -2.32. The van der Waals surface area contributed by atoms with E-state index in [-0.39, 0.29) is 16.0 Å². The molecule has 4 heteroatoms. The van der Waals surface area contributed by atoms with Gasteiger partial charge in [0.2, 0.25) is 0 Å². The first-order valence-electron chi connectivity index (χ1n) is 5.25. The highest BCUT2D eigenvalue weighted by molar-refractivity contribution is 9.10. The Labute approximate surface area is 103 Å². The molecule has 1 rings (SSSR count). The highest BCUT2D eigenvalue weighted by atomic mass is 79.9. The van der Waals surface area contributed by atoms with Gasteiger partial charge in [0.15, 0.2) is 0 Å². The summed E-state index contributed by atoms with van der Waals surface area (Å²) >= 11 is 3.05. The minimum Gasteiger partial charge on any atom is -0.321 e. The third-order valence-corrected chi connectivity index (χ3v) is 3.83. The van der Waals surface area contributed by atoms with E-state index in [1.165, 1.54) is 12.1 Å². The summed E-state index contributed by atoms with van der Waals surface area (Å²) in [5, 5.41) is 0. The maximum atomic E-state index is 13.9. The van der Waals surface area contributed by atoms with Crippen molar-refractivity contribution >= 4 is 15.9 Å². The van der Waals surface area contributed by atoms with E-state index in [9.17, 15) is 8.78 Å². The lowest BCUT2D eigenvalue weighted by Crippen LogP contribution is -2.41. The van der Waals surface area contributed by atoms with E-state index < -0.39 is 17.2 Å². The van der Waals surface area contributed by atoms with Crippen LogP contribution in [0.15, 0.2) is 16.6 Å². The van der Waals surface area contributed by atoms with E-state index >= 15 is 0 Å². The number of rotatable bonds is 3. The fraction of sp³-hybridized carbons (Fsp3) is 0.500. The molecule has 0 saturated heterocycles. The second-order valence-corrected chi connectivity index (χ2v) is 5.16. The van der Waals surface area contributed by atoms with Gasteiger partial charge in [-0.25, -0.2) is 8.78 Å². The van der Waals surface area contributed by atoms with Crippen LogP contribution in [0.25, 0.3) is 0 Å². The molecule has 0 spiro atoms. The molecule has 0 radical (unpaired) electrons. The predicted molar refractivity (Wildman–Crippen MR) is 65.1 cm³/mol. The lowest BCUT2D eigenvalue weighted by molar-refractivity contribution is 0.293. The summed E-state index contributed by atoms with van der Waals surface area (Å²) in [4.78, 5) is 0. The highest BCUT2D eigenvalue weighted by Gasteiger charge is 2.33. The standard InChI is InChI=1S/C12H16BrF2N/c1-4-7(2)12(3,16)10-9(14)6-5-8(13)11(10)15/h5-7H,4,16H2,1-3H3. The molecule has 16 heavy (non-hydrogen) atoms. The van der Waals surface area contributed by atoms with Gasteiger partial charge >= 0.3 is 0 Å². The summed E-state index contributed by atoms with van der Waals surface area (Å²) < 4.78 is 27.8. The smallest absolute Gasteiger partial charge is 0.145 e. The first-order chi connectivity index (χ1) is 7.32. The van der Waals surface area contributed by atoms with E-state index in [2.05, 4.69) is 15.9 Å². The molecule has 0 heterocycles. The normalized spacial score (nSPS) is 16.9. The maximum absolute atomic E-state index is 13.9. The SMILES string of the molecule is CCC(C)C(C)(N)c1c(F)ccc(Br)c1F. The fourth-order valence-corrected chi connectivity index (χ4v) is 2.02. The number of benzene rings is 1. The number of nitrogens with two attached hydrogens (primary N) is 1. The van der Waals surface area contributed by atoms with Crippen LogP contribution in [0.3, 0.4) is 0 Å². The molecule has 0 aromatic heterocycles. The van der Waals surface area contributed by atoms with Crippen LogP contribution >= 0.6 is 15.9 Å². The Hall–Kier alpha value is -0.480. The van der Waals surface area contributed by atoms with Crippen molar-refractivity contribution in [2.75, 3.05) is 0 Å². The molecule has 1 nitrogen and oxygen atoms in total. The van der Waals surface area contributed by atoms with Gasteiger partial charge in [-0.15, -0.1) is 0 Å². The summed E-state index contributed by atoms with van der Waals surface area (Å²) in [5.41, 5.74) is 5.01. The molecule has 0 aliphatic heterocycles. The van der Waals surface area contributed by atoms with Crippen molar-refractivity contribution in [3.63, 3.8) is 0 Å². The third kappa shape index (κ3) is 2.28. The molecular weight excluding hydrogens is 276 g/mol. The minimum atomic E-state index is -1.01. The predicted octanol–water partition coefficient (Wildman–Crippen LogP) is 3.95. The van der Waals surface area contributed by atoms with Gasteiger partial charge in [0.05, 0.1) is 4.47 Å². The zero-order valence-corrected chi connectivity index (χ0v) is 11.2. The van der Waals surface area contributed by atoms with E-state index in [1.807, 2.05) is 13.8 Å². The second kappa shape index (κ2) is 4.80. The largest absolute Gasteiger partial charge is 0.321 e. The quantitative estimate of drug-likeness (QED) is 0.839. The van der Waals surface area contributed by atoms with E-state index in [4.69, 9.17) is 5.73 Å². The third-order valence-electron chi connectivity index (χ3n) is 3.22. The van der Waals surface area contributed by atoms with E-state index in [0.29, 0.717) is 0 Å². The lowest BCUT2D eigenvalue weighted by atomic mass is 9.79. The van der Waals surface area contributed by atoms with Gasteiger partial charge in [-0.1, -0.05) is 20.3 Å². The molecular formula is C12H16BrF2N. The average Bonchev–Trinajstić information content (AvgIpc) is 2.22. The van der Waals surface area contributed by atoms with E-state index in [1.54, 1.807) is 6.92 Å². The maximum Gasteiger partial charge on any atom is 0.145 e. The molecule has 0 amide bonds. The van der Waals surface area contributed by atoms with Gasteiger partial charge in [-0.2, -0.15) is 0 Å². The van der Waals surface area contributed by atoms with Crippen molar-refractivity contribution < 1.29 is 8.78 Å². The Bertz CT molecular complexity index is 391.